The van der Waals surface area contributed by atoms with Gasteiger partial charge in [0.1, 0.15) is 5.75 Å². The molecule has 0 aromatic heterocycles. The summed E-state index contributed by atoms with van der Waals surface area (Å²) in [6.07, 6.45) is 0. The number of nitrogens with one attached hydrogen (secondary N) is 1. The van der Waals surface area contributed by atoms with E-state index in [1.54, 1.807) is 50.2 Å². The van der Waals surface area contributed by atoms with Gasteiger partial charge in [-0.2, -0.15) is 0 Å². The highest BCUT2D eigenvalue weighted by Gasteiger charge is 2.12. The largest absolute Gasteiger partial charge is 0.507 e. The van der Waals surface area contributed by atoms with Crippen LogP contribution in [0.1, 0.15) is 27.0 Å². The number of ether oxygens (including phenoxy) is 2. The Morgan fingerprint density at radius 2 is 1.45 bits per heavy atom. The fourth-order valence-electron chi connectivity index (χ4n) is 2.34. The number of benzene rings is 2. The molecule has 156 valence electrons. The Bertz CT molecular complexity index is 840. The van der Waals surface area contributed by atoms with Gasteiger partial charge in [-0.3, -0.25) is 19.7 Å². The third kappa shape index (κ3) is 7.63. The quantitative estimate of drug-likeness (QED) is 0.379. The summed E-state index contributed by atoms with van der Waals surface area (Å²) in [6, 6.07) is 10.3. The van der Waals surface area contributed by atoms with Gasteiger partial charge in [0.05, 0.1) is 27.3 Å². The van der Waals surface area contributed by atoms with Gasteiger partial charge in [0.2, 0.25) is 0 Å². The molecule has 0 unspecified atom stereocenters. The third-order valence-corrected chi connectivity index (χ3v) is 3.90. The first kappa shape index (κ1) is 23.6. The molecule has 0 amide bonds. The molecule has 8 nitrogen and oxygen atoms in total. The van der Waals surface area contributed by atoms with Crippen molar-refractivity contribution in [1.29, 1.82) is 0 Å². The molecule has 4 N–H and O–H groups in total. The molecule has 0 spiro atoms. The molecule has 0 heterocycles. The second-order valence-corrected chi connectivity index (χ2v) is 6.17. The maximum Gasteiger partial charge on any atom is 0.319 e. The molecule has 0 aliphatic carbocycles. The summed E-state index contributed by atoms with van der Waals surface area (Å²) in [5.41, 5.74) is 8.74. The minimum atomic E-state index is -0.408. The summed E-state index contributed by atoms with van der Waals surface area (Å²) >= 11 is 0. The molecule has 2 aromatic carbocycles. The maximum atomic E-state index is 12.3. The Hall–Kier alpha value is -3.39. The monoisotopic (exact) mass is 402 g/mol. The van der Waals surface area contributed by atoms with E-state index in [0.717, 1.165) is 0 Å². The van der Waals surface area contributed by atoms with Crippen LogP contribution in [0.2, 0.25) is 0 Å². The van der Waals surface area contributed by atoms with Gasteiger partial charge in [-0.25, -0.2) is 0 Å². The standard InChI is InChI=1S/C15H15NO2.C6H11NO4/c1-9-6-12(7-10(2)14(9)17)15(18)11-4-3-5-13(16)8-11;1-10-5(8)3-7-4-6(9)11-2/h3-8,17H,16H2,1-2H3;7H,3-4H2,1-2H3. The first-order valence-electron chi connectivity index (χ1n) is 8.74. The van der Waals surface area contributed by atoms with Crippen LogP contribution in [0.3, 0.4) is 0 Å². The molecule has 0 fully saturated rings. The Kier molecular flexibility index (Phi) is 9.34. The van der Waals surface area contributed by atoms with Gasteiger partial charge in [0, 0.05) is 16.8 Å². The van der Waals surface area contributed by atoms with E-state index in [-0.39, 0.29) is 24.6 Å². The van der Waals surface area contributed by atoms with Gasteiger partial charge >= 0.3 is 11.9 Å². The molecule has 29 heavy (non-hydrogen) atoms. The number of phenolic OH excluding ortho intramolecular Hbond substituents is 1. The minimum Gasteiger partial charge on any atom is -0.507 e. The lowest BCUT2D eigenvalue weighted by molar-refractivity contribution is -0.141. The zero-order valence-electron chi connectivity index (χ0n) is 16.9. The van der Waals surface area contributed by atoms with Crippen LogP contribution in [0.4, 0.5) is 5.69 Å². The minimum absolute atomic E-state index is 0.0194. The van der Waals surface area contributed by atoms with Crippen molar-refractivity contribution in [3.63, 3.8) is 0 Å². The zero-order chi connectivity index (χ0) is 22.0. The molecule has 0 radical (unpaired) electrons. The topological polar surface area (TPSA) is 128 Å². The van der Waals surface area contributed by atoms with Crippen LogP contribution in [0.15, 0.2) is 36.4 Å². The van der Waals surface area contributed by atoms with E-state index >= 15 is 0 Å². The molecule has 0 saturated carbocycles. The molecule has 0 aliphatic rings. The molecule has 0 bridgehead atoms. The van der Waals surface area contributed by atoms with Crippen LogP contribution in [0.25, 0.3) is 0 Å². The molecular formula is C21H26N2O6. The number of nitrogens with two attached hydrogens (primary N) is 1. The number of carbonyl (C=O) groups is 3. The van der Waals surface area contributed by atoms with Gasteiger partial charge in [-0.1, -0.05) is 12.1 Å². The summed E-state index contributed by atoms with van der Waals surface area (Å²) in [4.78, 5) is 33.2. The van der Waals surface area contributed by atoms with Crippen LogP contribution in [-0.4, -0.2) is 50.1 Å². The van der Waals surface area contributed by atoms with E-state index < -0.39 is 11.9 Å². The van der Waals surface area contributed by atoms with E-state index in [0.29, 0.717) is 27.9 Å². The van der Waals surface area contributed by atoms with Crippen molar-refractivity contribution in [3.8, 4) is 5.75 Å². The third-order valence-electron chi connectivity index (χ3n) is 3.90. The van der Waals surface area contributed by atoms with Crippen molar-refractivity contribution in [2.45, 2.75) is 13.8 Å². The fourth-order valence-corrected chi connectivity index (χ4v) is 2.34. The summed E-state index contributed by atoms with van der Waals surface area (Å²) in [7, 11) is 2.56. The second-order valence-electron chi connectivity index (χ2n) is 6.17. The van der Waals surface area contributed by atoms with E-state index in [2.05, 4.69) is 14.8 Å². The van der Waals surface area contributed by atoms with Crippen molar-refractivity contribution < 1.29 is 29.0 Å². The number of aryl methyl sites for hydroxylation is 2. The molecule has 2 rings (SSSR count). The number of carbonyl (C=O) groups excluding carboxylic acids is 3. The first-order chi connectivity index (χ1) is 13.7. The Labute approximate surface area is 169 Å². The number of hydrogen-bond acceptors (Lipinski definition) is 8. The number of rotatable bonds is 6. The van der Waals surface area contributed by atoms with Crippen LogP contribution < -0.4 is 11.1 Å². The Morgan fingerprint density at radius 3 is 1.90 bits per heavy atom. The predicted molar refractivity (Wildman–Crippen MR) is 109 cm³/mol. The number of hydrogen-bond donors (Lipinski definition) is 3. The molecule has 0 atom stereocenters. The van der Waals surface area contributed by atoms with Gasteiger partial charge in [0.25, 0.3) is 0 Å². The highest BCUT2D eigenvalue weighted by molar-refractivity contribution is 6.09. The molecule has 2 aromatic rings. The number of aromatic hydroxyl groups is 1. The highest BCUT2D eigenvalue weighted by atomic mass is 16.5. The molecule has 0 saturated heterocycles. The van der Waals surface area contributed by atoms with Crippen LogP contribution in [0, 0.1) is 13.8 Å². The molecule has 0 aliphatic heterocycles. The zero-order valence-corrected chi connectivity index (χ0v) is 16.9. The highest BCUT2D eigenvalue weighted by Crippen LogP contribution is 2.24. The van der Waals surface area contributed by atoms with Crippen LogP contribution in [0.5, 0.6) is 5.75 Å². The van der Waals surface area contributed by atoms with Gasteiger partial charge < -0.3 is 20.3 Å². The Balaban J connectivity index is 0.000000331. The molecule has 8 heteroatoms. The average molecular weight is 402 g/mol. The lowest BCUT2D eigenvalue weighted by Gasteiger charge is -2.07. The van der Waals surface area contributed by atoms with Gasteiger partial charge in [-0.05, 0) is 49.2 Å². The molecular weight excluding hydrogens is 376 g/mol. The van der Waals surface area contributed by atoms with Gasteiger partial charge in [-0.15, -0.1) is 0 Å². The maximum absolute atomic E-state index is 12.3. The number of methoxy groups -OCH3 is 2. The van der Waals surface area contributed by atoms with E-state index in [4.69, 9.17) is 5.73 Å². The summed E-state index contributed by atoms with van der Waals surface area (Å²) in [6.45, 7) is 3.59. The summed E-state index contributed by atoms with van der Waals surface area (Å²) in [5.74, 6) is -0.671. The van der Waals surface area contributed by atoms with E-state index in [9.17, 15) is 19.5 Å². The first-order valence-corrected chi connectivity index (χ1v) is 8.74. The smallest absolute Gasteiger partial charge is 0.319 e. The van der Waals surface area contributed by atoms with Gasteiger partial charge in [0.15, 0.2) is 5.78 Å². The fraction of sp³-hybridized carbons (Fsp3) is 0.286. The summed E-state index contributed by atoms with van der Waals surface area (Å²) < 4.78 is 8.62. The number of esters is 2. The SMILES string of the molecule is COC(=O)CNCC(=O)OC.Cc1cc(C(=O)c2cccc(N)c2)cc(C)c1O. The number of phenols is 1. The normalized spacial score (nSPS) is 9.79. The van der Waals surface area contributed by atoms with E-state index in [1.807, 2.05) is 0 Å². The predicted octanol–water partition coefficient (Wildman–Crippen LogP) is 1.74. The number of anilines is 1. The average Bonchev–Trinajstić information content (AvgIpc) is 2.71. The van der Waals surface area contributed by atoms with Crippen molar-refractivity contribution >= 4 is 23.4 Å². The second kappa shape index (κ2) is 11.5. The van der Waals surface area contributed by atoms with Crippen molar-refractivity contribution in [3.05, 3.63) is 58.7 Å². The van der Waals surface area contributed by atoms with Crippen LogP contribution in [-0.2, 0) is 19.1 Å². The van der Waals surface area contributed by atoms with E-state index in [1.165, 1.54) is 14.2 Å². The van der Waals surface area contributed by atoms with Crippen LogP contribution >= 0.6 is 0 Å². The number of ketones is 1. The lowest BCUT2D eigenvalue weighted by atomic mass is 9.98. The summed E-state index contributed by atoms with van der Waals surface area (Å²) in [5, 5.41) is 12.2. The van der Waals surface area contributed by atoms with Crippen molar-refractivity contribution in [2.24, 2.45) is 0 Å². The Morgan fingerprint density at radius 1 is 0.931 bits per heavy atom. The number of nitrogen functional groups attached to an aromatic ring is 1. The van der Waals surface area contributed by atoms with Crippen molar-refractivity contribution in [1.82, 2.24) is 5.32 Å². The lowest BCUT2D eigenvalue weighted by Crippen LogP contribution is -2.29. The van der Waals surface area contributed by atoms with Crippen molar-refractivity contribution in [2.75, 3.05) is 33.0 Å².